The number of hydrogen-bond donors (Lipinski definition) is 0. The van der Waals surface area contributed by atoms with Crippen molar-refractivity contribution in [3.05, 3.63) is 0 Å². The minimum atomic E-state index is 0. The second-order valence-corrected chi connectivity index (χ2v) is 7.23. The third-order valence-corrected chi connectivity index (χ3v) is 5.62. The van der Waals surface area contributed by atoms with E-state index < -0.39 is 0 Å². The zero-order chi connectivity index (χ0) is 13.1. The monoisotopic (exact) mass is 282 g/mol. The molecule has 118 valence electrons. The van der Waals surface area contributed by atoms with Gasteiger partial charge in [-0.15, -0.1) is 0 Å². The highest BCUT2D eigenvalue weighted by molar-refractivity contribution is 5.09. The van der Waals surface area contributed by atoms with Crippen molar-refractivity contribution in [3.63, 3.8) is 0 Å². The van der Waals surface area contributed by atoms with Crippen molar-refractivity contribution in [1.29, 1.82) is 0 Å². The number of rotatable bonds is 0. The third-order valence-electron chi connectivity index (χ3n) is 5.62. The van der Waals surface area contributed by atoms with Crippen LogP contribution in [0.5, 0.6) is 0 Å². The quantitative estimate of drug-likeness (QED) is 0.611. The van der Waals surface area contributed by atoms with Gasteiger partial charge in [0.2, 0.25) is 0 Å². The summed E-state index contributed by atoms with van der Waals surface area (Å²) in [6, 6.07) is 0. The summed E-state index contributed by atoms with van der Waals surface area (Å²) >= 11 is 0. The molecule has 20 heavy (non-hydrogen) atoms. The fourth-order valence-corrected chi connectivity index (χ4v) is 3.74. The molecule has 2 heteroatoms. The molecular formula is C18H34O2. The van der Waals surface area contributed by atoms with E-state index in [4.69, 9.17) is 0 Å². The Morgan fingerprint density at radius 2 is 1.10 bits per heavy atom. The van der Waals surface area contributed by atoms with Crippen LogP contribution in [0.2, 0.25) is 0 Å². The predicted molar refractivity (Wildman–Crippen MR) is 86.3 cm³/mol. The van der Waals surface area contributed by atoms with E-state index in [0.717, 1.165) is 23.7 Å². The van der Waals surface area contributed by atoms with Crippen LogP contribution in [0.1, 0.15) is 66.2 Å². The molecule has 0 radical (unpaired) electrons. The average Bonchev–Trinajstić information content (AvgIpc) is 2.35. The summed E-state index contributed by atoms with van der Waals surface area (Å²) in [5, 5.41) is 0. The Kier molecular flexibility index (Phi) is 8.47. The zero-order valence-corrected chi connectivity index (χ0v) is 13.7. The second kappa shape index (κ2) is 8.70. The summed E-state index contributed by atoms with van der Waals surface area (Å²) in [6.07, 6.45) is 8.16. The first-order valence-electron chi connectivity index (χ1n) is 8.07. The molecule has 2 unspecified atom stereocenters. The van der Waals surface area contributed by atoms with E-state index in [1.807, 2.05) is 0 Å². The summed E-state index contributed by atoms with van der Waals surface area (Å²) in [5.74, 6) is 12.2. The van der Waals surface area contributed by atoms with E-state index in [1.165, 1.54) is 38.5 Å². The number of hydrogen-bond acceptors (Lipinski definition) is 0. The van der Waals surface area contributed by atoms with Crippen LogP contribution < -0.4 is 0 Å². The highest BCUT2D eigenvalue weighted by Crippen LogP contribution is 2.37. The van der Waals surface area contributed by atoms with E-state index in [2.05, 4.69) is 39.5 Å². The van der Waals surface area contributed by atoms with E-state index in [1.54, 1.807) is 0 Å². The van der Waals surface area contributed by atoms with Crippen molar-refractivity contribution in [2.75, 3.05) is 0 Å². The average molecular weight is 282 g/mol. The molecule has 0 aromatic rings. The first-order chi connectivity index (χ1) is 8.56. The van der Waals surface area contributed by atoms with Crippen LogP contribution in [0.15, 0.2) is 0 Å². The van der Waals surface area contributed by atoms with Gasteiger partial charge in [-0.25, -0.2) is 0 Å². The lowest BCUT2D eigenvalue weighted by Gasteiger charge is -2.35. The molecule has 2 fully saturated rings. The molecule has 0 spiro atoms. The Morgan fingerprint density at radius 3 is 1.60 bits per heavy atom. The van der Waals surface area contributed by atoms with Gasteiger partial charge in [-0.2, -0.15) is 0 Å². The maximum absolute atomic E-state index is 3.64. The zero-order valence-electron chi connectivity index (χ0n) is 13.7. The molecule has 2 aliphatic carbocycles. The van der Waals surface area contributed by atoms with Crippen molar-refractivity contribution in [1.82, 2.24) is 0 Å². The third kappa shape index (κ3) is 5.11. The lowest BCUT2D eigenvalue weighted by atomic mass is 9.70. The Bertz CT molecular complexity index is 308. The van der Waals surface area contributed by atoms with Gasteiger partial charge in [0.25, 0.3) is 0 Å². The van der Waals surface area contributed by atoms with Gasteiger partial charge in [-0.1, -0.05) is 39.5 Å². The maximum Gasteiger partial charge on any atom is 0.0208 e. The highest BCUT2D eigenvalue weighted by atomic mass is 16.0. The lowest BCUT2D eigenvalue weighted by molar-refractivity contribution is 0.168. The van der Waals surface area contributed by atoms with Crippen LogP contribution in [0.3, 0.4) is 0 Å². The molecule has 0 saturated heterocycles. The fourth-order valence-electron chi connectivity index (χ4n) is 3.74. The van der Waals surface area contributed by atoms with Crippen LogP contribution in [0, 0.1) is 47.3 Å². The van der Waals surface area contributed by atoms with Gasteiger partial charge in [0.15, 0.2) is 0 Å². The van der Waals surface area contributed by atoms with Crippen LogP contribution in [0.4, 0.5) is 0 Å². The van der Waals surface area contributed by atoms with Crippen molar-refractivity contribution >= 4 is 0 Å². The van der Waals surface area contributed by atoms with Crippen molar-refractivity contribution < 1.29 is 11.0 Å². The first-order valence-corrected chi connectivity index (χ1v) is 8.07. The Balaban J connectivity index is 0.00000180. The smallest absolute Gasteiger partial charge is 0.0208 e. The summed E-state index contributed by atoms with van der Waals surface area (Å²) < 4.78 is 0. The van der Waals surface area contributed by atoms with Crippen molar-refractivity contribution in [2.45, 2.75) is 66.2 Å². The molecule has 2 rings (SSSR count). The lowest BCUT2D eigenvalue weighted by Crippen LogP contribution is -2.27. The molecule has 0 heterocycles. The normalized spacial score (nSPS) is 40.6. The van der Waals surface area contributed by atoms with Crippen LogP contribution >= 0.6 is 0 Å². The Hall–Kier alpha value is -0.520. The Morgan fingerprint density at radius 1 is 0.650 bits per heavy atom. The van der Waals surface area contributed by atoms with E-state index in [9.17, 15) is 0 Å². The van der Waals surface area contributed by atoms with Crippen LogP contribution in [0.25, 0.3) is 0 Å². The van der Waals surface area contributed by atoms with Crippen LogP contribution in [-0.4, -0.2) is 11.0 Å². The van der Waals surface area contributed by atoms with Gasteiger partial charge in [0, 0.05) is 11.8 Å². The standard InChI is InChI=1S/C18H30.2H2O/c1-13-5-7-17(8-6-13)9-10-18-11-14(2)16(4)15(3)12-18;;/h13-18H,5-8,11-12H2,1-4H3;2*1H2. The second-order valence-electron chi connectivity index (χ2n) is 7.23. The van der Waals surface area contributed by atoms with Gasteiger partial charge < -0.3 is 11.0 Å². The van der Waals surface area contributed by atoms with E-state index in [0.29, 0.717) is 11.8 Å². The van der Waals surface area contributed by atoms with Gasteiger partial charge in [-0.05, 0) is 62.2 Å². The molecule has 0 aromatic heterocycles. The molecular weight excluding hydrogens is 248 g/mol. The first kappa shape index (κ1) is 19.5. The van der Waals surface area contributed by atoms with Gasteiger partial charge in [0.1, 0.15) is 0 Å². The van der Waals surface area contributed by atoms with Crippen molar-refractivity contribution in [2.24, 2.45) is 35.5 Å². The molecule has 0 aliphatic heterocycles. The molecule has 2 saturated carbocycles. The SMILES string of the molecule is CC1CCC(C#CC2CC(C)C(C)C(C)C2)CC1.O.O. The van der Waals surface area contributed by atoms with Gasteiger partial charge >= 0.3 is 0 Å². The largest absolute Gasteiger partial charge is 0.412 e. The predicted octanol–water partition coefficient (Wildman–Crippen LogP) is 3.49. The summed E-state index contributed by atoms with van der Waals surface area (Å²) in [7, 11) is 0. The molecule has 4 N–H and O–H groups in total. The molecule has 2 nitrogen and oxygen atoms in total. The minimum absolute atomic E-state index is 0. The molecule has 2 atom stereocenters. The van der Waals surface area contributed by atoms with Gasteiger partial charge in [-0.3, -0.25) is 0 Å². The van der Waals surface area contributed by atoms with E-state index in [-0.39, 0.29) is 11.0 Å². The topological polar surface area (TPSA) is 63.0 Å². The van der Waals surface area contributed by atoms with Crippen molar-refractivity contribution in [3.8, 4) is 11.8 Å². The van der Waals surface area contributed by atoms with E-state index >= 15 is 0 Å². The summed E-state index contributed by atoms with van der Waals surface area (Å²) in [5.41, 5.74) is 0. The fraction of sp³-hybridized carbons (Fsp3) is 0.889. The molecule has 0 bridgehead atoms. The molecule has 0 aromatic carbocycles. The highest BCUT2D eigenvalue weighted by Gasteiger charge is 2.29. The Labute approximate surface area is 125 Å². The van der Waals surface area contributed by atoms with Crippen LogP contribution in [-0.2, 0) is 0 Å². The molecule has 0 amide bonds. The summed E-state index contributed by atoms with van der Waals surface area (Å²) in [4.78, 5) is 0. The minimum Gasteiger partial charge on any atom is -0.412 e. The van der Waals surface area contributed by atoms with Gasteiger partial charge in [0.05, 0.1) is 0 Å². The summed E-state index contributed by atoms with van der Waals surface area (Å²) in [6.45, 7) is 9.63. The maximum atomic E-state index is 3.64. The molecule has 2 aliphatic rings.